The number of benzene rings is 1. The molecule has 3 aromatic rings. The Morgan fingerprint density at radius 2 is 1.85 bits per heavy atom. The lowest BCUT2D eigenvalue weighted by Crippen LogP contribution is -2.57. The molecule has 4 rings (SSSR count). The number of H-pyrrole nitrogens is 1. The molecule has 0 saturated carbocycles. The van der Waals surface area contributed by atoms with Crippen molar-refractivity contribution < 1.29 is 14.4 Å². The number of hydrogen-bond acceptors (Lipinski definition) is 6. The molecule has 1 aliphatic heterocycles. The largest absolute Gasteiger partial charge is 0.343 e. The minimum Gasteiger partial charge on any atom is -0.343 e. The molecule has 1 unspecified atom stereocenters. The van der Waals surface area contributed by atoms with Crippen molar-refractivity contribution >= 4 is 28.8 Å². The number of likely N-dealkylation sites (N-methyl/N-ethyl adjacent to an activating group) is 2. The van der Waals surface area contributed by atoms with Crippen LogP contribution in [0.15, 0.2) is 42.7 Å². The van der Waals surface area contributed by atoms with Gasteiger partial charge < -0.3 is 25.4 Å². The summed E-state index contributed by atoms with van der Waals surface area (Å²) in [5.74, 6) is 0.346. The highest BCUT2D eigenvalue weighted by atomic mass is 16.2. The third-order valence-corrected chi connectivity index (χ3v) is 7.89. The maximum absolute atomic E-state index is 14.3. The van der Waals surface area contributed by atoms with Crippen molar-refractivity contribution in [2.24, 2.45) is 5.92 Å². The number of nitrogens with zero attached hydrogens (tertiary/aromatic N) is 4. The number of amides is 3. The lowest BCUT2D eigenvalue weighted by molar-refractivity contribution is -0.141. The smallest absolute Gasteiger partial charge is 0.247 e. The fourth-order valence-corrected chi connectivity index (χ4v) is 5.60. The number of rotatable bonds is 11. The van der Waals surface area contributed by atoms with Crippen LogP contribution in [-0.2, 0) is 14.4 Å². The standard InChI is InChI=1S/C31H43N7O3/c1-7-23(32-5)30(40)35-25(18-37(6)27(39)15-19(2)3)31(41)38-20(4)13-14-26(38)29-34-24-17-33-16-22(28(24)36-29)21-11-9-8-10-12-21/h8-12,16-17,19-20,23,25-26,32H,7,13-15,18H2,1-6H3,(H,34,36)(H,35,40)/t20?,23-,25-,26-/m0/s1. The maximum atomic E-state index is 14.3. The van der Waals surface area contributed by atoms with E-state index < -0.39 is 12.1 Å². The molecule has 0 aliphatic carbocycles. The molecular formula is C31H43N7O3. The van der Waals surface area contributed by atoms with Gasteiger partial charge in [-0.2, -0.15) is 0 Å². The minimum absolute atomic E-state index is 0.0584. The second kappa shape index (κ2) is 13.2. The molecule has 4 atom stereocenters. The van der Waals surface area contributed by atoms with Crippen LogP contribution in [-0.4, -0.2) is 81.2 Å². The van der Waals surface area contributed by atoms with Gasteiger partial charge in [0.2, 0.25) is 17.7 Å². The van der Waals surface area contributed by atoms with Gasteiger partial charge in [0, 0.05) is 37.8 Å². The number of carbonyl (C=O) groups excluding carboxylic acids is 3. The molecule has 1 aromatic carbocycles. The van der Waals surface area contributed by atoms with Gasteiger partial charge in [0.1, 0.15) is 11.9 Å². The molecule has 10 nitrogen and oxygen atoms in total. The zero-order valence-corrected chi connectivity index (χ0v) is 25.0. The number of carbonyl (C=O) groups is 3. The van der Waals surface area contributed by atoms with E-state index in [-0.39, 0.29) is 42.3 Å². The van der Waals surface area contributed by atoms with Crippen molar-refractivity contribution in [2.75, 3.05) is 20.6 Å². The molecule has 0 radical (unpaired) electrons. The van der Waals surface area contributed by atoms with E-state index in [1.54, 1.807) is 25.2 Å². The van der Waals surface area contributed by atoms with Crippen LogP contribution in [0.4, 0.5) is 0 Å². The molecule has 41 heavy (non-hydrogen) atoms. The van der Waals surface area contributed by atoms with Crippen molar-refractivity contribution in [2.45, 2.75) is 77.5 Å². The SMILES string of the molecule is CC[C@H](NC)C(=O)N[C@@H](CN(C)C(=O)CC(C)C)C(=O)N1C(C)CC[C@H]1c1nc2c(-c3ccccc3)cncc2[nH]1. The number of imidazole rings is 1. The van der Waals surface area contributed by atoms with Gasteiger partial charge in [-0.15, -0.1) is 0 Å². The number of aromatic amines is 1. The quantitative estimate of drug-likeness (QED) is 0.328. The van der Waals surface area contributed by atoms with Gasteiger partial charge in [0.25, 0.3) is 0 Å². The molecule has 2 aromatic heterocycles. The first-order valence-corrected chi connectivity index (χ1v) is 14.6. The van der Waals surface area contributed by atoms with Gasteiger partial charge in [0.05, 0.1) is 29.3 Å². The van der Waals surface area contributed by atoms with Crippen molar-refractivity contribution in [1.29, 1.82) is 0 Å². The van der Waals surface area contributed by atoms with Crippen LogP contribution >= 0.6 is 0 Å². The average molecular weight is 562 g/mol. The van der Waals surface area contributed by atoms with Crippen molar-refractivity contribution in [3.8, 4) is 11.1 Å². The third-order valence-electron chi connectivity index (χ3n) is 7.89. The van der Waals surface area contributed by atoms with Crippen LogP contribution in [0.5, 0.6) is 0 Å². The zero-order chi connectivity index (χ0) is 29.7. The first-order valence-electron chi connectivity index (χ1n) is 14.6. The number of likely N-dealkylation sites (tertiary alicyclic amines) is 1. The monoisotopic (exact) mass is 561 g/mol. The Hall–Kier alpha value is -3.79. The van der Waals surface area contributed by atoms with Gasteiger partial charge in [-0.25, -0.2) is 4.98 Å². The minimum atomic E-state index is -0.889. The summed E-state index contributed by atoms with van der Waals surface area (Å²) in [6.07, 6.45) is 6.05. The lowest BCUT2D eigenvalue weighted by Gasteiger charge is -2.34. The Morgan fingerprint density at radius 3 is 2.51 bits per heavy atom. The number of hydrogen-bond donors (Lipinski definition) is 3. The average Bonchev–Trinajstić information content (AvgIpc) is 3.56. The molecule has 220 valence electrons. The van der Waals surface area contributed by atoms with Gasteiger partial charge in [-0.05, 0) is 44.7 Å². The molecule has 1 saturated heterocycles. The van der Waals surface area contributed by atoms with E-state index in [1.165, 1.54) is 0 Å². The molecule has 0 spiro atoms. The maximum Gasteiger partial charge on any atom is 0.247 e. The van der Waals surface area contributed by atoms with E-state index in [0.717, 1.165) is 35.0 Å². The normalized spacial score (nSPS) is 18.5. The van der Waals surface area contributed by atoms with E-state index in [1.807, 2.05) is 69.1 Å². The molecule has 3 amide bonds. The van der Waals surface area contributed by atoms with E-state index in [0.29, 0.717) is 18.7 Å². The molecule has 3 N–H and O–H groups in total. The van der Waals surface area contributed by atoms with Crippen LogP contribution in [0.2, 0.25) is 0 Å². The highest BCUT2D eigenvalue weighted by Gasteiger charge is 2.41. The fourth-order valence-electron chi connectivity index (χ4n) is 5.60. The van der Waals surface area contributed by atoms with Gasteiger partial charge >= 0.3 is 0 Å². The van der Waals surface area contributed by atoms with Crippen molar-refractivity contribution in [3.05, 3.63) is 48.5 Å². The van der Waals surface area contributed by atoms with Gasteiger partial charge in [-0.3, -0.25) is 19.4 Å². The van der Waals surface area contributed by atoms with Crippen LogP contribution in [0.3, 0.4) is 0 Å². The molecule has 3 heterocycles. The first-order chi connectivity index (χ1) is 19.6. The van der Waals surface area contributed by atoms with E-state index >= 15 is 0 Å². The molecular weight excluding hydrogens is 518 g/mol. The number of pyridine rings is 1. The zero-order valence-electron chi connectivity index (χ0n) is 25.0. The Morgan fingerprint density at radius 1 is 1.12 bits per heavy atom. The predicted octanol–water partition coefficient (Wildman–Crippen LogP) is 3.66. The topological polar surface area (TPSA) is 123 Å². The number of fused-ring (bicyclic) bond motifs is 1. The Balaban J connectivity index is 1.65. The first kappa shape index (κ1) is 30.2. The fraction of sp³-hybridized carbons (Fsp3) is 0.516. The van der Waals surface area contributed by atoms with Crippen LogP contribution < -0.4 is 10.6 Å². The van der Waals surface area contributed by atoms with Crippen LogP contribution in [0.1, 0.15) is 65.2 Å². The summed E-state index contributed by atoms with van der Waals surface area (Å²) in [7, 11) is 3.41. The third kappa shape index (κ3) is 6.75. The summed E-state index contributed by atoms with van der Waals surface area (Å²) in [5.41, 5.74) is 3.54. The van der Waals surface area contributed by atoms with Crippen molar-refractivity contribution in [1.82, 2.24) is 35.4 Å². The van der Waals surface area contributed by atoms with E-state index in [4.69, 9.17) is 4.98 Å². The second-order valence-electron chi connectivity index (χ2n) is 11.4. The molecule has 0 bridgehead atoms. The number of aromatic nitrogens is 3. The summed E-state index contributed by atoms with van der Waals surface area (Å²) in [5, 5.41) is 5.96. The summed E-state index contributed by atoms with van der Waals surface area (Å²) in [6, 6.07) is 8.30. The van der Waals surface area contributed by atoms with Crippen LogP contribution in [0, 0.1) is 5.92 Å². The Kier molecular flexibility index (Phi) is 9.75. The number of nitrogens with one attached hydrogen (secondary N) is 3. The lowest BCUT2D eigenvalue weighted by atomic mass is 10.1. The summed E-state index contributed by atoms with van der Waals surface area (Å²) < 4.78 is 0. The summed E-state index contributed by atoms with van der Waals surface area (Å²) in [6.45, 7) is 7.99. The molecule has 10 heteroatoms. The van der Waals surface area contributed by atoms with Crippen LogP contribution in [0.25, 0.3) is 22.2 Å². The molecule has 1 aliphatic rings. The van der Waals surface area contributed by atoms with Gasteiger partial charge in [0.15, 0.2) is 0 Å². The molecule has 1 fully saturated rings. The summed E-state index contributed by atoms with van der Waals surface area (Å²) >= 11 is 0. The van der Waals surface area contributed by atoms with E-state index in [2.05, 4.69) is 20.6 Å². The predicted molar refractivity (Wildman–Crippen MR) is 160 cm³/mol. The van der Waals surface area contributed by atoms with E-state index in [9.17, 15) is 14.4 Å². The summed E-state index contributed by atoms with van der Waals surface area (Å²) in [4.78, 5) is 56.4. The Labute approximate surface area is 242 Å². The Bertz CT molecular complexity index is 1350. The highest BCUT2D eigenvalue weighted by molar-refractivity contribution is 5.92. The van der Waals surface area contributed by atoms with Crippen molar-refractivity contribution in [3.63, 3.8) is 0 Å². The second-order valence-corrected chi connectivity index (χ2v) is 11.4. The highest BCUT2D eigenvalue weighted by Crippen LogP contribution is 2.37. The van der Waals surface area contributed by atoms with Gasteiger partial charge in [-0.1, -0.05) is 51.1 Å².